The van der Waals surface area contributed by atoms with Gasteiger partial charge in [0, 0.05) is 42.3 Å². The lowest BCUT2D eigenvalue weighted by Gasteiger charge is -2.23. The van der Waals surface area contributed by atoms with Gasteiger partial charge in [-0.15, -0.1) is 0 Å². The van der Waals surface area contributed by atoms with Crippen LogP contribution in [-0.2, 0) is 26.1 Å². The molecular weight excluding hydrogens is 670 g/mol. The van der Waals surface area contributed by atoms with Crippen LogP contribution in [0.15, 0.2) is 91.0 Å². The van der Waals surface area contributed by atoms with Gasteiger partial charge < -0.3 is 45.1 Å². The SMILES string of the molecule is COc1cc2c(cc1OCc1cc(N)cc(COc3cc4c(cc3OC)C(=O)N3c5ccccc5C[C@H]3CN4)c1)NC[C@@H]1Cc3ccccc3N1C2=O. The first kappa shape index (κ1) is 32.5. The van der Waals surface area contributed by atoms with Crippen molar-refractivity contribution in [1.29, 1.82) is 0 Å². The Bertz CT molecular complexity index is 2140. The molecule has 0 saturated heterocycles. The summed E-state index contributed by atoms with van der Waals surface area (Å²) in [5.41, 5.74) is 15.3. The van der Waals surface area contributed by atoms with E-state index in [-0.39, 0.29) is 37.1 Å². The number of ether oxygens (including phenoxy) is 4. The average Bonchev–Trinajstić information content (AvgIpc) is 3.67. The van der Waals surface area contributed by atoms with Crippen LogP contribution in [0.2, 0.25) is 0 Å². The summed E-state index contributed by atoms with van der Waals surface area (Å²) in [5, 5.41) is 6.96. The number of anilines is 5. The fourth-order valence-electron chi connectivity index (χ4n) is 8.10. The van der Waals surface area contributed by atoms with Crippen LogP contribution < -0.4 is 45.1 Å². The van der Waals surface area contributed by atoms with E-state index in [2.05, 4.69) is 22.8 Å². The van der Waals surface area contributed by atoms with E-state index in [1.807, 2.05) is 76.5 Å². The Hall–Kier alpha value is -6.36. The smallest absolute Gasteiger partial charge is 0.260 e. The lowest BCUT2D eigenvalue weighted by atomic mass is 10.1. The fraction of sp³-hybridized carbons (Fsp3) is 0.238. The van der Waals surface area contributed by atoms with Crippen molar-refractivity contribution in [2.24, 2.45) is 0 Å². The quantitative estimate of drug-likeness (QED) is 0.156. The summed E-state index contributed by atoms with van der Waals surface area (Å²) in [5.74, 6) is 1.81. The highest BCUT2D eigenvalue weighted by molar-refractivity contribution is 6.13. The molecule has 9 rings (SSSR count). The monoisotopic (exact) mass is 709 g/mol. The van der Waals surface area contributed by atoms with Crippen LogP contribution in [0.4, 0.5) is 28.4 Å². The molecule has 5 aromatic carbocycles. The largest absolute Gasteiger partial charge is 0.493 e. The van der Waals surface area contributed by atoms with Gasteiger partial charge in [0.05, 0.1) is 48.8 Å². The Kier molecular flexibility index (Phi) is 7.98. The summed E-state index contributed by atoms with van der Waals surface area (Å²) in [6.07, 6.45) is 1.60. The number of carbonyl (C=O) groups excluding carboxylic acids is 2. The average molecular weight is 710 g/mol. The fourth-order valence-corrected chi connectivity index (χ4v) is 8.10. The van der Waals surface area contributed by atoms with Crippen LogP contribution in [0.3, 0.4) is 0 Å². The van der Waals surface area contributed by atoms with E-state index in [9.17, 15) is 9.59 Å². The zero-order valence-electron chi connectivity index (χ0n) is 29.5. The number of nitrogens with two attached hydrogens (primary N) is 1. The Balaban J connectivity index is 0.914. The number of nitrogens with one attached hydrogen (secondary N) is 2. The van der Waals surface area contributed by atoms with E-state index in [1.54, 1.807) is 26.4 Å². The molecule has 268 valence electrons. The molecule has 11 nitrogen and oxygen atoms in total. The van der Waals surface area contributed by atoms with Gasteiger partial charge in [0.15, 0.2) is 23.0 Å². The number of amides is 2. The molecule has 0 spiro atoms. The molecule has 4 aliphatic heterocycles. The second kappa shape index (κ2) is 13.0. The van der Waals surface area contributed by atoms with Crippen molar-refractivity contribution in [3.8, 4) is 23.0 Å². The Morgan fingerprint density at radius 2 is 1.08 bits per heavy atom. The van der Waals surface area contributed by atoms with Crippen molar-refractivity contribution >= 4 is 40.3 Å². The number of hydrogen-bond acceptors (Lipinski definition) is 9. The molecule has 0 saturated carbocycles. The summed E-state index contributed by atoms with van der Waals surface area (Å²) >= 11 is 0. The van der Waals surface area contributed by atoms with Gasteiger partial charge in [0.25, 0.3) is 11.8 Å². The lowest BCUT2D eigenvalue weighted by Crippen LogP contribution is -2.39. The molecule has 0 bridgehead atoms. The van der Waals surface area contributed by atoms with Crippen LogP contribution in [-0.4, -0.2) is 51.2 Å². The van der Waals surface area contributed by atoms with Crippen LogP contribution in [0.5, 0.6) is 23.0 Å². The molecule has 0 aromatic heterocycles. The number of benzene rings is 5. The van der Waals surface area contributed by atoms with Crippen LogP contribution in [0.25, 0.3) is 0 Å². The van der Waals surface area contributed by atoms with Crippen molar-refractivity contribution in [2.75, 3.05) is 53.5 Å². The summed E-state index contributed by atoms with van der Waals surface area (Å²) < 4.78 is 24.0. The third-order valence-electron chi connectivity index (χ3n) is 10.6. The minimum atomic E-state index is -0.0649. The van der Waals surface area contributed by atoms with Gasteiger partial charge in [0.2, 0.25) is 0 Å². The third kappa shape index (κ3) is 5.69. The molecule has 0 fully saturated rings. The third-order valence-corrected chi connectivity index (χ3v) is 10.6. The van der Waals surface area contributed by atoms with Gasteiger partial charge in [-0.2, -0.15) is 0 Å². The number of rotatable bonds is 8. The minimum absolute atomic E-state index is 0.0241. The standard InChI is InChI=1S/C42H39N5O6/c1-50-37-16-31-33(44-20-29-14-26-7-3-5-9-35(26)46(29)41(31)48)18-39(37)52-22-24-11-25(13-28(43)12-24)23-53-40-19-34-32(17-38(40)51-2)42(49)47-30(21-45-34)15-27-8-4-6-10-36(27)47/h3-13,16-19,29-30,44-45H,14-15,20-23,43H2,1-2H3/t29-,30-/m0/s1. The molecule has 53 heavy (non-hydrogen) atoms. The van der Waals surface area contributed by atoms with Gasteiger partial charge in [-0.3, -0.25) is 9.59 Å². The molecule has 0 radical (unpaired) electrons. The van der Waals surface area contributed by atoms with Gasteiger partial charge in [0.1, 0.15) is 13.2 Å². The van der Waals surface area contributed by atoms with E-state index in [4.69, 9.17) is 24.7 Å². The van der Waals surface area contributed by atoms with Gasteiger partial charge in [-0.05, 0) is 77.6 Å². The first-order chi connectivity index (χ1) is 25.9. The second-order valence-corrected chi connectivity index (χ2v) is 13.8. The summed E-state index contributed by atoms with van der Waals surface area (Å²) in [6, 6.07) is 29.0. The number of nitrogens with zero attached hydrogens (tertiary/aromatic N) is 2. The Morgan fingerprint density at radius 1 is 0.623 bits per heavy atom. The van der Waals surface area contributed by atoms with E-state index in [0.717, 1.165) is 35.3 Å². The molecule has 4 heterocycles. The maximum atomic E-state index is 13.8. The Labute approximate surface area is 307 Å². The van der Waals surface area contributed by atoms with Crippen molar-refractivity contribution < 1.29 is 28.5 Å². The first-order valence-electron chi connectivity index (χ1n) is 17.8. The van der Waals surface area contributed by atoms with Crippen molar-refractivity contribution in [1.82, 2.24) is 0 Å². The predicted molar refractivity (Wildman–Crippen MR) is 204 cm³/mol. The van der Waals surface area contributed by atoms with Crippen molar-refractivity contribution in [3.63, 3.8) is 0 Å². The molecule has 0 aliphatic carbocycles. The second-order valence-electron chi connectivity index (χ2n) is 13.8. The highest BCUT2D eigenvalue weighted by Crippen LogP contribution is 2.42. The summed E-state index contributed by atoms with van der Waals surface area (Å²) in [4.78, 5) is 31.5. The molecular formula is C42H39N5O6. The number of nitrogen functional groups attached to an aromatic ring is 1. The molecule has 4 N–H and O–H groups in total. The Morgan fingerprint density at radius 3 is 1.53 bits per heavy atom. The van der Waals surface area contributed by atoms with Crippen molar-refractivity contribution in [3.05, 3.63) is 124 Å². The first-order valence-corrected chi connectivity index (χ1v) is 17.8. The topological polar surface area (TPSA) is 128 Å². The number of methoxy groups -OCH3 is 2. The highest BCUT2D eigenvalue weighted by atomic mass is 16.5. The normalized spacial score (nSPS) is 17.8. The number of hydrogen-bond donors (Lipinski definition) is 3. The molecule has 0 unspecified atom stereocenters. The summed E-state index contributed by atoms with van der Waals surface area (Å²) in [7, 11) is 3.13. The molecule has 5 aromatic rings. The number of para-hydroxylation sites is 2. The lowest BCUT2D eigenvalue weighted by molar-refractivity contribution is 0.0975. The zero-order chi connectivity index (χ0) is 36.2. The van der Waals surface area contributed by atoms with E-state index >= 15 is 0 Å². The molecule has 2 amide bonds. The zero-order valence-corrected chi connectivity index (χ0v) is 29.5. The predicted octanol–water partition coefficient (Wildman–Crippen LogP) is 6.44. The molecule has 2 atom stereocenters. The van der Waals surface area contributed by atoms with Gasteiger partial charge in [-0.1, -0.05) is 36.4 Å². The molecule has 11 heteroatoms. The maximum absolute atomic E-state index is 13.8. The van der Waals surface area contributed by atoms with Gasteiger partial charge in [-0.25, -0.2) is 0 Å². The van der Waals surface area contributed by atoms with Crippen LogP contribution in [0.1, 0.15) is 43.0 Å². The van der Waals surface area contributed by atoms with E-state index in [1.165, 1.54) is 11.1 Å². The van der Waals surface area contributed by atoms with Crippen LogP contribution >= 0.6 is 0 Å². The van der Waals surface area contributed by atoms with E-state index < -0.39 is 0 Å². The molecule has 4 aliphatic rings. The van der Waals surface area contributed by atoms with E-state index in [0.29, 0.717) is 64.3 Å². The number of carbonyl (C=O) groups is 2. The minimum Gasteiger partial charge on any atom is -0.493 e. The van der Waals surface area contributed by atoms with Gasteiger partial charge >= 0.3 is 0 Å². The van der Waals surface area contributed by atoms with Crippen LogP contribution in [0, 0.1) is 0 Å². The maximum Gasteiger partial charge on any atom is 0.260 e. The number of fused-ring (bicyclic) bond motifs is 8. The summed E-state index contributed by atoms with van der Waals surface area (Å²) in [6.45, 7) is 1.65. The highest BCUT2D eigenvalue weighted by Gasteiger charge is 2.39. The van der Waals surface area contributed by atoms with Crippen molar-refractivity contribution in [2.45, 2.75) is 38.1 Å².